The van der Waals surface area contributed by atoms with Gasteiger partial charge in [-0.3, -0.25) is 4.99 Å². The predicted octanol–water partition coefficient (Wildman–Crippen LogP) is 3.49. The van der Waals surface area contributed by atoms with Crippen LogP contribution in [0.4, 0.5) is 0 Å². The molecule has 1 saturated heterocycles. The molecule has 3 rings (SSSR count). The fraction of sp³-hybridized carbons (Fsp3) is 0.556. The predicted molar refractivity (Wildman–Crippen MR) is 108 cm³/mol. The van der Waals surface area contributed by atoms with Crippen LogP contribution in [0.25, 0.3) is 10.2 Å². The first-order valence-electron chi connectivity index (χ1n) is 8.81. The molecule has 5 nitrogen and oxygen atoms in total. The van der Waals surface area contributed by atoms with Crippen LogP contribution in [0.15, 0.2) is 23.2 Å². The summed E-state index contributed by atoms with van der Waals surface area (Å²) in [5.74, 6) is 0.847. The molecule has 1 aromatic carbocycles. The van der Waals surface area contributed by atoms with E-state index in [4.69, 9.17) is 11.6 Å². The van der Waals surface area contributed by atoms with Crippen LogP contribution in [-0.4, -0.2) is 48.1 Å². The first-order valence-corrected chi connectivity index (χ1v) is 10.0. The molecule has 0 bridgehead atoms. The minimum atomic E-state index is 0.482. The number of nitrogens with one attached hydrogen (secondary N) is 2. The summed E-state index contributed by atoms with van der Waals surface area (Å²) in [6.07, 6.45) is 2.30. The van der Waals surface area contributed by atoms with Crippen molar-refractivity contribution in [1.29, 1.82) is 0 Å². The van der Waals surface area contributed by atoms with E-state index in [2.05, 4.69) is 39.4 Å². The number of benzene rings is 1. The lowest BCUT2D eigenvalue weighted by atomic mass is 10.0. The second-order valence-electron chi connectivity index (χ2n) is 6.69. The second-order valence-corrected chi connectivity index (χ2v) is 8.25. The first-order chi connectivity index (χ1) is 12.0. The van der Waals surface area contributed by atoms with Crippen LogP contribution < -0.4 is 10.6 Å². The zero-order chi connectivity index (χ0) is 17.8. The van der Waals surface area contributed by atoms with E-state index in [1.165, 1.54) is 0 Å². The molecule has 7 heteroatoms. The van der Waals surface area contributed by atoms with Gasteiger partial charge in [-0.15, -0.1) is 11.3 Å². The number of guanidine groups is 1. The third-order valence-electron chi connectivity index (χ3n) is 4.63. The van der Waals surface area contributed by atoms with Crippen molar-refractivity contribution >= 4 is 39.1 Å². The Labute approximate surface area is 158 Å². The maximum Gasteiger partial charge on any atom is 0.191 e. The van der Waals surface area contributed by atoms with E-state index in [9.17, 15) is 0 Å². The minimum absolute atomic E-state index is 0.482. The zero-order valence-corrected chi connectivity index (χ0v) is 16.6. The summed E-state index contributed by atoms with van der Waals surface area (Å²) in [6, 6.07) is 6.95. The Balaban J connectivity index is 1.52. The molecule has 1 aliphatic heterocycles. The Morgan fingerprint density at radius 2 is 2.16 bits per heavy atom. The van der Waals surface area contributed by atoms with Crippen LogP contribution in [0.3, 0.4) is 0 Å². The topological polar surface area (TPSA) is 52.6 Å². The number of thiazole rings is 1. The van der Waals surface area contributed by atoms with E-state index in [0.717, 1.165) is 52.1 Å². The number of piperidine rings is 1. The van der Waals surface area contributed by atoms with Crippen molar-refractivity contribution in [2.45, 2.75) is 45.3 Å². The SMILES string of the molecule is CN=C(NCc1nc2cc(Cl)ccc2s1)NC1CCN(C(C)C)CC1. The van der Waals surface area contributed by atoms with Crippen LogP contribution in [0, 0.1) is 0 Å². The number of hydrogen-bond donors (Lipinski definition) is 2. The molecule has 1 aromatic heterocycles. The van der Waals surface area contributed by atoms with Gasteiger partial charge < -0.3 is 15.5 Å². The largest absolute Gasteiger partial charge is 0.354 e. The Kier molecular flexibility index (Phi) is 6.15. The van der Waals surface area contributed by atoms with E-state index in [1.807, 2.05) is 25.2 Å². The lowest BCUT2D eigenvalue weighted by Crippen LogP contribution is -2.49. The first kappa shape index (κ1) is 18.4. The number of likely N-dealkylation sites (tertiary alicyclic amines) is 1. The Bertz CT molecular complexity index is 734. The van der Waals surface area contributed by atoms with Gasteiger partial charge in [-0.25, -0.2) is 4.98 Å². The van der Waals surface area contributed by atoms with Crippen LogP contribution >= 0.6 is 22.9 Å². The molecule has 2 aromatic rings. The van der Waals surface area contributed by atoms with Crippen molar-refractivity contribution < 1.29 is 0 Å². The van der Waals surface area contributed by atoms with E-state index < -0.39 is 0 Å². The van der Waals surface area contributed by atoms with Gasteiger partial charge in [0, 0.05) is 37.2 Å². The summed E-state index contributed by atoms with van der Waals surface area (Å²) in [6.45, 7) is 7.48. The maximum atomic E-state index is 6.03. The van der Waals surface area contributed by atoms with Crippen LogP contribution in [0.2, 0.25) is 5.02 Å². The summed E-state index contributed by atoms with van der Waals surface area (Å²) in [4.78, 5) is 11.5. The number of halogens is 1. The third kappa shape index (κ3) is 4.84. The number of nitrogens with zero attached hydrogens (tertiary/aromatic N) is 3. The van der Waals surface area contributed by atoms with Crippen molar-refractivity contribution in [3.8, 4) is 0 Å². The van der Waals surface area contributed by atoms with Gasteiger partial charge in [-0.1, -0.05) is 11.6 Å². The highest BCUT2D eigenvalue weighted by atomic mass is 35.5. The molecule has 0 saturated carbocycles. The van der Waals surface area contributed by atoms with Crippen molar-refractivity contribution in [2.24, 2.45) is 4.99 Å². The quantitative estimate of drug-likeness (QED) is 0.630. The summed E-state index contributed by atoms with van der Waals surface area (Å²) >= 11 is 7.72. The molecule has 1 aliphatic rings. The third-order valence-corrected chi connectivity index (χ3v) is 5.90. The second kappa shape index (κ2) is 8.34. The molecule has 25 heavy (non-hydrogen) atoms. The molecule has 136 valence electrons. The Morgan fingerprint density at radius 3 is 2.84 bits per heavy atom. The maximum absolute atomic E-state index is 6.03. The lowest BCUT2D eigenvalue weighted by Gasteiger charge is -2.35. The Hall–Kier alpha value is -1.37. The summed E-state index contributed by atoms with van der Waals surface area (Å²) in [7, 11) is 1.82. The van der Waals surface area contributed by atoms with Gasteiger partial charge in [-0.2, -0.15) is 0 Å². The van der Waals surface area contributed by atoms with Gasteiger partial charge in [0.1, 0.15) is 5.01 Å². The van der Waals surface area contributed by atoms with E-state index in [0.29, 0.717) is 18.6 Å². The number of hydrogen-bond acceptors (Lipinski definition) is 4. The summed E-state index contributed by atoms with van der Waals surface area (Å²) in [5, 5.41) is 8.69. The highest BCUT2D eigenvalue weighted by molar-refractivity contribution is 7.18. The van der Waals surface area contributed by atoms with Gasteiger partial charge >= 0.3 is 0 Å². The van der Waals surface area contributed by atoms with Crippen LogP contribution in [-0.2, 0) is 6.54 Å². The zero-order valence-electron chi connectivity index (χ0n) is 15.1. The monoisotopic (exact) mass is 379 g/mol. The average molecular weight is 380 g/mol. The number of aromatic nitrogens is 1. The number of fused-ring (bicyclic) bond motifs is 1. The molecule has 0 radical (unpaired) electrons. The average Bonchev–Trinajstić information content (AvgIpc) is 3.00. The van der Waals surface area contributed by atoms with E-state index in [-0.39, 0.29) is 0 Å². The van der Waals surface area contributed by atoms with Crippen molar-refractivity contribution in [3.63, 3.8) is 0 Å². The molecule has 0 unspecified atom stereocenters. The fourth-order valence-corrected chi connectivity index (χ4v) is 4.19. The Morgan fingerprint density at radius 1 is 1.40 bits per heavy atom. The smallest absolute Gasteiger partial charge is 0.191 e. The van der Waals surface area contributed by atoms with Gasteiger partial charge in [0.05, 0.1) is 16.8 Å². The summed E-state index contributed by atoms with van der Waals surface area (Å²) in [5.41, 5.74) is 0.957. The molecule has 1 fully saturated rings. The molecule has 2 heterocycles. The fourth-order valence-electron chi connectivity index (χ4n) is 3.13. The minimum Gasteiger partial charge on any atom is -0.354 e. The van der Waals surface area contributed by atoms with Gasteiger partial charge in [0.15, 0.2) is 5.96 Å². The molecule has 0 spiro atoms. The van der Waals surface area contributed by atoms with Crippen molar-refractivity contribution in [2.75, 3.05) is 20.1 Å². The molecule has 0 aliphatic carbocycles. The van der Waals surface area contributed by atoms with Crippen molar-refractivity contribution in [1.82, 2.24) is 20.5 Å². The van der Waals surface area contributed by atoms with Crippen LogP contribution in [0.1, 0.15) is 31.7 Å². The molecule has 2 N–H and O–H groups in total. The highest BCUT2D eigenvalue weighted by Gasteiger charge is 2.21. The van der Waals surface area contributed by atoms with Gasteiger partial charge in [0.25, 0.3) is 0 Å². The molecular weight excluding hydrogens is 354 g/mol. The number of rotatable bonds is 4. The van der Waals surface area contributed by atoms with Crippen LogP contribution in [0.5, 0.6) is 0 Å². The molecular formula is C18H26ClN5S. The van der Waals surface area contributed by atoms with E-state index >= 15 is 0 Å². The van der Waals surface area contributed by atoms with Gasteiger partial charge in [-0.05, 0) is 44.9 Å². The van der Waals surface area contributed by atoms with E-state index in [1.54, 1.807) is 11.3 Å². The lowest BCUT2D eigenvalue weighted by molar-refractivity contribution is 0.167. The normalized spacial score (nSPS) is 17.4. The molecule has 0 atom stereocenters. The van der Waals surface area contributed by atoms with Gasteiger partial charge in [0.2, 0.25) is 0 Å². The molecule has 0 amide bonds. The summed E-state index contributed by atoms with van der Waals surface area (Å²) < 4.78 is 1.16. The highest BCUT2D eigenvalue weighted by Crippen LogP contribution is 2.24. The van der Waals surface area contributed by atoms with Crippen molar-refractivity contribution in [3.05, 3.63) is 28.2 Å². The standard InChI is InChI=1S/C18H26ClN5S/c1-12(2)24-8-6-14(7-9-24)22-18(20-3)21-11-17-23-15-10-13(19)4-5-16(15)25-17/h4-5,10,12,14H,6-9,11H2,1-3H3,(H2,20,21,22). The number of aliphatic imine (C=N–C) groups is 1.